The highest BCUT2D eigenvalue weighted by Gasteiger charge is 2.21. The highest BCUT2D eigenvalue weighted by molar-refractivity contribution is 4.81. The SMILES string of the molecule is CC(C)CCCC(C)(N)C(C)C. The monoisotopic (exact) mass is 171 g/mol. The minimum absolute atomic E-state index is 0.0366. The molecule has 1 unspecified atom stereocenters. The van der Waals surface area contributed by atoms with Gasteiger partial charge in [-0.25, -0.2) is 0 Å². The van der Waals surface area contributed by atoms with E-state index in [4.69, 9.17) is 5.73 Å². The zero-order chi connectivity index (χ0) is 9.78. The van der Waals surface area contributed by atoms with Crippen LogP contribution in [0.15, 0.2) is 0 Å². The van der Waals surface area contributed by atoms with Gasteiger partial charge in [0.05, 0.1) is 0 Å². The third-order valence-corrected chi connectivity index (χ3v) is 2.82. The van der Waals surface area contributed by atoms with Crippen molar-refractivity contribution in [3.05, 3.63) is 0 Å². The molecule has 1 heteroatoms. The molecule has 0 aliphatic heterocycles. The topological polar surface area (TPSA) is 26.0 Å². The summed E-state index contributed by atoms with van der Waals surface area (Å²) in [6, 6.07) is 0. The number of hydrogen-bond donors (Lipinski definition) is 1. The molecule has 0 saturated heterocycles. The molecule has 0 bridgehead atoms. The van der Waals surface area contributed by atoms with Crippen molar-refractivity contribution in [3.8, 4) is 0 Å². The molecular formula is C11H25N. The molecule has 1 atom stereocenters. The molecule has 0 amide bonds. The van der Waals surface area contributed by atoms with Crippen molar-refractivity contribution in [1.29, 1.82) is 0 Å². The molecule has 0 aliphatic rings. The Kier molecular flexibility index (Phi) is 4.84. The maximum Gasteiger partial charge on any atom is 0.0149 e. The molecule has 0 heterocycles. The Morgan fingerprint density at radius 2 is 1.67 bits per heavy atom. The molecule has 0 aromatic rings. The Hall–Kier alpha value is -0.0400. The molecule has 0 saturated carbocycles. The van der Waals surface area contributed by atoms with Crippen molar-refractivity contribution in [3.63, 3.8) is 0 Å². The maximum atomic E-state index is 6.15. The lowest BCUT2D eigenvalue weighted by Crippen LogP contribution is -2.41. The van der Waals surface area contributed by atoms with Crippen LogP contribution in [0.4, 0.5) is 0 Å². The van der Waals surface area contributed by atoms with E-state index in [1.54, 1.807) is 0 Å². The van der Waals surface area contributed by atoms with Gasteiger partial charge in [0.2, 0.25) is 0 Å². The number of rotatable bonds is 5. The molecule has 0 rings (SSSR count). The Morgan fingerprint density at radius 3 is 2.00 bits per heavy atom. The Balaban J connectivity index is 3.61. The second-order valence-electron chi connectivity index (χ2n) is 4.95. The molecule has 1 nitrogen and oxygen atoms in total. The van der Waals surface area contributed by atoms with Crippen LogP contribution in [-0.2, 0) is 0 Å². The summed E-state index contributed by atoms with van der Waals surface area (Å²) in [5.41, 5.74) is 6.18. The van der Waals surface area contributed by atoms with Gasteiger partial charge in [-0.05, 0) is 25.2 Å². The molecule has 0 aliphatic carbocycles. The average Bonchev–Trinajstić information content (AvgIpc) is 1.85. The second-order valence-corrected chi connectivity index (χ2v) is 4.95. The first-order chi connectivity index (χ1) is 5.36. The molecule has 12 heavy (non-hydrogen) atoms. The summed E-state index contributed by atoms with van der Waals surface area (Å²) < 4.78 is 0. The first kappa shape index (κ1) is 12.0. The highest BCUT2D eigenvalue weighted by Crippen LogP contribution is 2.21. The van der Waals surface area contributed by atoms with Crippen molar-refractivity contribution in [2.45, 2.75) is 59.4 Å². The van der Waals surface area contributed by atoms with E-state index >= 15 is 0 Å². The normalized spacial score (nSPS) is 17.0. The van der Waals surface area contributed by atoms with Crippen LogP contribution < -0.4 is 5.73 Å². The standard InChI is InChI=1S/C11H25N/c1-9(2)7-6-8-11(5,12)10(3)4/h9-10H,6-8,12H2,1-5H3. The fraction of sp³-hybridized carbons (Fsp3) is 1.00. The quantitative estimate of drug-likeness (QED) is 0.675. The van der Waals surface area contributed by atoms with Crippen LogP contribution in [-0.4, -0.2) is 5.54 Å². The third kappa shape index (κ3) is 4.76. The lowest BCUT2D eigenvalue weighted by Gasteiger charge is -2.29. The van der Waals surface area contributed by atoms with Crippen molar-refractivity contribution in [1.82, 2.24) is 0 Å². The van der Waals surface area contributed by atoms with E-state index < -0.39 is 0 Å². The van der Waals surface area contributed by atoms with Gasteiger partial charge in [0, 0.05) is 5.54 Å². The Labute approximate surface area is 77.7 Å². The molecule has 0 aromatic carbocycles. The minimum Gasteiger partial charge on any atom is -0.325 e. The van der Waals surface area contributed by atoms with Crippen molar-refractivity contribution < 1.29 is 0 Å². The van der Waals surface area contributed by atoms with Crippen LogP contribution in [0.1, 0.15) is 53.9 Å². The second kappa shape index (κ2) is 4.86. The van der Waals surface area contributed by atoms with E-state index in [9.17, 15) is 0 Å². The van der Waals surface area contributed by atoms with Gasteiger partial charge in [-0.15, -0.1) is 0 Å². The molecule has 0 aromatic heterocycles. The van der Waals surface area contributed by atoms with Crippen LogP contribution in [0, 0.1) is 11.8 Å². The summed E-state index contributed by atoms with van der Waals surface area (Å²) in [7, 11) is 0. The first-order valence-corrected chi connectivity index (χ1v) is 5.15. The molecule has 0 fully saturated rings. The first-order valence-electron chi connectivity index (χ1n) is 5.15. The van der Waals surface area contributed by atoms with E-state index in [0.717, 1.165) is 12.3 Å². The zero-order valence-corrected chi connectivity index (χ0v) is 9.35. The number of nitrogens with two attached hydrogens (primary N) is 1. The summed E-state index contributed by atoms with van der Waals surface area (Å²) in [5.74, 6) is 1.40. The third-order valence-electron chi connectivity index (χ3n) is 2.82. The van der Waals surface area contributed by atoms with Gasteiger partial charge in [-0.1, -0.05) is 40.5 Å². The van der Waals surface area contributed by atoms with E-state index in [0.29, 0.717) is 5.92 Å². The Morgan fingerprint density at radius 1 is 1.17 bits per heavy atom. The summed E-state index contributed by atoms with van der Waals surface area (Å²) >= 11 is 0. The van der Waals surface area contributed by atoms with Crippen LogP contribution in [0.2, 0.25) is 0 Å². The van der Waals surface area contributed by atoms with Crippen LogP contribution in [0.5, 0.6) is 0 Å². The van der Waals surface area contributed by atoms with Gasteiger partial charge in [0.1, 0.15) is 0 Å². The summed E-state index contributed by atoms with van der Waals surface area (Å²) in [4.78, 5) is 0. The van der Waals surface area contributed by atoms with E-state index in [-0.39, 0.29) is 5.54 Å². The lowest BCUT2D eigenvalue weighted by atomic mass is 9.84. The summed E-state index contributed by atoms with van der Waals surface area (Å²) in [5, 5.41) is 0. The summed E-state index contributed by atoms with van der Waals surface area (Å²) in [6.45, 7) is 11.1. The van der Waals surface area contributed by atoms with E-state index in [1.807, 2.05) is 0 Å². The number of hydrogen-bond acceptors (Lipinski definition) is 1. The van der Waals surface area contributed by atoms with E-state index in [1.165, 1.54) is 12.8 Å². The molecule has 0 radical (unpaired) electrons. The predicted octanol–water partition coefficient (Wildman–Crippen LogP) is 3.19. The van der Waals surface area contributed by atoms with Gasteiger partial charge >= 0.3 is 0 Å². The van der Waals surface area contributed by atoms with Gasteiger partial charge in [0.25, 0.3) is 0 Å². The fourth-order valence-electron chi connectivity index (χ4n) is 1.18. The van der Waals surface area contributed by atoms with Crippen molar-refractivity contribution in [2.75, 3.05) is 0 Å². The lowest BCUT2D eigenvalue weighted by molar-refractivity contribution is 0.300. The van der Waals surface area contributed by atoms with Gasteiger partial charge < -0.3 is 5.73 Å². The minimum atomic E-state index is 0.0366. The molecule has 2 N–H and O–H groups in total. The van der Waals surface area contributed by atoms with Crippen LogP contribution in [0.25, 0.3) is 0 Å². The van der Waals surface area contributed by atoms with Gasteiger partial charge in [-0.3, -0.25) is 0 Å². The maximum absolute atomic E-state index is 6.15. The van der Waals surface area contributed by atoms with Crippen LogP contribution >= 0.6 is 0 Å². The van der Waals surface area contributed by atoms with Crippen LogP contribution in [0.3, 0.4) is 0 Å². The van der Waals surface area contributed by atoms with Crippen molar-refractivity contribution in [2.24, 2.45) is 17.6 Å². The van der Waals surface area contributed by atoms with Gasteiger partial charge in [-0.2, -0.15) is 0 Å². The Bertz CT molecular complexity index is 114. The van der Waals surface area contributed by atoms with Gasteiger partial charge in [0.15, 0.2) is 0 Å². The molecular weight excluding hydrogens is 146 g/mol. The molecule has 74 valence electrons. The smallest absolute Gasteiger partial charge is 0.0149 e. The van der Waals surface area contributed by atoms with Crippen molar-refractivity contribution >= 4 is 0 Å². The average molecular weight is 171 g/mol. The van der Waals surface area contributed by atoms with E-state index in [2.05, 4.69) is 34.6 Å². The summed E-state index contributed by atoms with van der Waals surface area (Å²) in [6.07, 6.45) is 3.73. The largest absolute Gasteiger partial charge is 0.325 e. The fourth-order valence-corrected chi connectivity index (χ4v) is 1.18. The predicted molar refractivity (Wildman–Crippen MR) is 56.1 cm³/mol. The zero-order valence-electron chi connectivity index (χ0n) is 9.35. The molecule has 0 spiro atoms. The highest BCUT2D eigenvalue weighted by atomic mass is 14.7.